The second-order valence-electron chi connectivity index (χ2n) is 3.78. The highest BCUT2D eigenvalue weighted by atomic mass is 16.1. The molecule has 0 aromatic carbocycles. The van der Waals surface area contributed by atoms with Gasteiger partial charge in [0.25, 0.3) is 0 Å². The Morgan fingerprint density at radius 3 is 2.21 bits per heavy atom. The molecule has 0 radical (unpaired) electrons. The molecule has 1 unspecified atom stereocenters. The van der Waals surface area contributed by atoms with E-state index in [-0.39, 0.29) is 18.0 Å². The molecule has 1 atom stereocenters. The maximum Gasteiger partial charge on any atom is 0.146 e. The zero-order chi connectivity index (χ0) is 11.2. The fourth-order valence-electron chi connectivity index (χ4n) is 1.39. The van der Waals surface area contributed by atoms with Gasteiger partial charge in [0.15, 0.2) is 0 Å². The highest BCUT2D eigenvalue weighted by Crippen LogP contribution is 2.22. The summed E-state index contributed by atoms with van der Waals surface area (Å²) < 4.78 is 0. The van der Waals surface area contributed by atoms with Gasteiger partial charge in [0.1, 0.15) is 17.9 Å². The molecule has 0 saturated carbocycles. The van der Waals surface area contributed by atoms with Crippen molar-refractivity contribution in [3.05, 3.63) is 0 Å². The summed E-state index contributed by atoms with van der Waals surface area (Å²) in [6.07, 6.45) is 2.16. The maximum atomic E-state index is 11.4. The van der Waals surface area contributed by atoms with Gasteiger partial charge in [-0.1, -0.05) is 13.8 Å². The molecule has 0 aliphatic carbocycles. The van der Waals surface area contributed by atoms with Gasteiger partial charge >= 0.3 is 0 Å². The summed E-state index contributed by atoms with van der Waals surface area (Å²) in [5, 5.41) is 0. The third-order valence-electron chi connectivity index (χ3n) is 2.31. The van der Waals surface area contributed by atoms with E-state index >= 15 is 0 Å². The van der Waals surface area contributed by atoms with E-state index in [1.165, 1.54) is 0 Å². The number of aldehydes is 1. The minimum absolute atomic E-state index is 0.0103. The van der Waals surface area contributed by atoms with Crippen molar-refractivity contribution in [1.29, 1.82) is 0 Å². The molecule has 0 aromatic heterocycles. The van der Waals surface area contributed by atoms with E-state index < -0.39 is 5.41 Å². The van der Waals surface area contributed by atoms with Crippen LogP contribution in [0.1, 0.15) is 46.5 Å². The average Bonchev–Trinajstić information content (AvgIpc) is 2.16. The molecule has 80 valence electrons. The van der Waals surface area contributed by atoms with Gasteiger partial charge in [-0.2, -0.15) is 0 Å². The Kier molecular flexibility index (Phi) is 5.28. The van der Waals surface area contributed by atoms with Crippen LogP contribution in [0.5, 0.6) is 0 Å². The lowest BCUT2D eigenvalue weighted by Gasteiger charge is -2.19. The van der Waals surface area contributed by atoms with E-state index in [1.807, 2.05) is 6.92 Å². The molecular weight excluding hydrogens is 180 g/mol. The van der Waals surface area contributed by atoms with Crippen molar-refractivity contribution in [2.75, 3.05) is 0 Å². The summed E-state index contributed by atoms with van der Waals surface area (Å²) in [5.41, 5.74) is -1.10. The molecule has 14 heavy (non-hydrogen) atoms. The number of hydrogen-bond donors (Lipinski definition) is 0. The van der Waals surface area contributed by atoms with Crippen LogP contribution in [0.3, 0.4) is 0 Å². The highest BCUT2D eigenvalue weighted by Gasteiger charge is 2.33. The molecule has 0 aromatic rings. The van der Waals surface area contributed by atoms with Crippen molar-refractivity contribution in [2.45, 2.75) is 46.5 Å². The average molecular weight is 198 g/mol. The third-order valence-corrected chi connectivity index (χ3v) is 2.31. The van der Waals surface area contributed by atoms with Crippen LogP contribution in [-0.4, -0.2) is 17.9 Å². The summed E-state index contributed by atoms with van der Waals surface area (Å²) >= 11 is 0. The molecule has 0 spiro atoms. The Bertz CT molecular complexity index is 233. The second-order valence-corrected chi connectivity index (χ2v) is 3.78. The largest absolute Gasteiger partial charge is 0.302 e. The van der Waals surface area contributed by atoms with E-state index in [2.05, 4.69) is 0 Å². The SMILES string of the molecule is CCCC(=O)CC(C)(C=O)C(=O)CC. The summed E-state index contributed by atoms with van der Waals surface area (Å²) in [5.74, 6) is -0.166. The Morgan fingerprint density at radius 2 is 1.86 bits per heavy atom. The summed E-state index contributed by atoms with van der Waals surface area (Å²) in [7, 11) is 0. The molecule has 0 aliphatic rings. The molecule has 3 heteroatoms. The topological polar surface area (TPSA) is 51.2 Å². The summed E-state index contributed by atoms with van der Waals surface area (Å²) in [6, 6.07) is 0. The van der Waals surface area contributed by atoms with Crippen LogP contribution in [0, 0.1) is 5.41 Å². The Labute approximate surface area is 84.9 Å². The van der Waals surface area contributed by atoms with Crippen molar-refractivity contribution in [3.8, 4) is 0 Å². The van der Waals surface area contributed by atoms with E-state index in [4.69, 9.17) is 0 Å². The molecule has 3 nitrogen and oxygen atoms in total. The minimum Gasteiger partial charge on any atom is -0.302 e. The molecular formula is C11H18O3. The van der Waals surface area contributed by atoms with E-state index in [1.54, 1.807) is 13.8 Å². The van der Waals surface area contributed by atoms with Crippen molar-refractivity contribution in [2.24, 2.45) is 5.41 Å². The van der Waals surface area contributed by atoms with Crippen LogP contribution in [0.4, 0.5) is 0 Å². The van der Waals surface area contributed by atoms with Gasteiger partial charge in [-0.15, -0.1) is 0 Å². The zero-order valence-corrected chi connectivity index (χ0v) is 9.13. The van der Waals surface area contributed by atoms with Crippen LogP contribution in [-0.2, 0) is 14.4 Å². The first-order valence-corrected chi connectivity index (χ1v) is 5.01. The zero-order valence-electron chi connectivity index (χ0n) is 9.13. The molecule has 0 fully saturated rings. The van der Waals surface area contributed by atoms with Crippen molar-refractivity contribution in [1.82, 2.24) is 0 Å². The van der Waals surface area contributed by atoms with Gasteiger partial charge in [-0.05, 0) is 13.3 Å². The van der Waals surface area contributed by atoms with Crippen molar-refractivity contribution in [3.63, 3.8) is 0 Å². The molecule has 0 heterocycles. The van der Waals surface area contributed by atoms with Crippen LogP contribution in [0.25, 0.3) is 0 Å². The monoisotopic (exact) mass is 198 g/mol. The van der Waals surface area contributed by atoms with Gasteiger partial charge in [0.2, 0.25) is 0 Å². The van der Waals surface area contributed by atoms with Crippen LogP contribution in [0.15, 0.2) is 0 Å². The smallest absolute Gasteiger partial charge is 0.146 e. The fraction of sp³-hybridized carbons (Fsp3) is 0.727. The van der Waals surface area contributed by atoms with Crippen LogP contribution < -0.4 is 0 Å². The quantitative estimate of drug-likeness (QED) is 0.464. The minimum atomic E-state index is -1.10. The Balaban J connectivity index is 4.47. The molecule has 0 amide bonds. The third kappa shape index (κ3) is 3.40. The predicted molar refractivity (Wildman–Crippen MR) is 54.0 cm³/mol. The number of carbonyl (C=O) groups is 3. The number of ketones is 2. The molecule has 0 saturated heterocycles. The molecule has 0 aliphatic heterocycles. The number of Topliss-reactive ketones (excluding diaryl/α,β-unsaturated/α-hetero) is 2. The first-order chi connectivity index (χ1) is 6.50. The molecule has 0 rings (SSSR count). The predicted octanol–water partition coefficient (Wildman–Crippen LogP) is 1.93. The molecule has 0 bridgehead atoms. The Hall–Kier alpha value is -0.990. The number of carbonyl (C=O) groups excluding carboxylic acids is 3. The van der Waals surface area contributed by atoms with Crippen LogP contribution in [0.2, 0.25) is 0 Å². The van der Waals surface area contributed by atoms with Crippen molar-refractivity contribution >= 4 is 17.9 Å². The van der Waals surface area contributed by atoms with Gasteiger partial charge in [0.05, 0.1) is 5.41 Å². The lowest BCUT2D eigenvalue weighted by molar-refractivity contribution is -0.138. The van der Waals surface area contributed by atoms with E-state index in [0.717, 1.165) is 6.42 Å². The molecule has 0 N–H and O–H groups in total. The van der Waals surface area contributed by atoms with Gasteiger partial charge in [-0.25, -0.2) is 0 Å². The Morgan fingerprint density at radius 1 is 1.29 bits per heavy atom. The first-order valence-electron chi connectivity index (χ1n) is 5.01. The standard InChI is InChI=1S/C11H18O3/c1-4-6-9(13)7-11(3,8-12)10(14)5-2/h8H,4-7H2,1-3H3. The van der Waals surface area contributed by atoms with Gasteiger partial charge < -0.3 is 4.79 Å². The normalized spacial score (nSPS) is 14.5. The number of hydrogen-bond acceptors (Lipinski definition) is 3. The summed E-state index contributed by atoms with van der Waals surface area (Å²) in [6.45, 7) is 5.14. The fourth-order valence-corrected chi connectivity index (χ4v) is 1.39. The maximum absolute atomic E-state index is 11.4. The number of rotatable bonds is 7. The van der Waals surface area contributed by atoms with Gasteiger partial charge in [-0.3, -0.25) is 9.59 Å². The van der Waals surface area contributed by atoms with Crippen molar-refractivity contribution < 1.29 is 14.4 Å². The lowest BCUT2D eigenvalue weighted by Crippen LogP contribution is -2.31. The van der Waals surface area contributed by atoms with Gasteiger partial charge in [0, 0.05) is 19.3 Å². The highest BCUT2D eigenvalue weighted by molar-refractivity contribution is 6.01. The lowest BCUT2D eigenvalue weighted by atomic mass is 9.80. The summed E-state index contributed by atoms with van der Waals surface area (Å²) in [4.78, 5) is 33.5. The first kappa shape index (κ1) is 13.0. The second kappa shape index (κ2) is 5.68. The van der Waals surface area contributed by atoms with E-state index in [9.17, 15) is 14.4 Å². The van der Waals surface area contributed by atoms with E-state index in [0.29, 0.717) is 19.1 Å². The van der Waals surface area contributed by atoms with Crippen LogP contribution >= 0.6 is 0 Å².